The molecule has 15 unspecified atom stereocenters. The van der Waals surface area contributed by atoms with Crippen LogP contribution in [0.1, 0.15) is 91.9 Å². The minimum Gasteiger partial charge on any atom is -0.469 e. The van der Waals surface area contributed by atoms with Gasteiger partial charge in [-0.05, 0) is 102 Å². The molecule has 3 heterocycles. The van der Waals surface area contributed by atoms with Gasteiger partial charge in [-0.25, -0.2) is 0 Å². The first kappa shape index (κ1) is 44.3. The number of hydrogen-bond acceptors (Lipinski definition) is 13. The van der Waals surface area contributed by atoms with E-state index in [0.29, 0.717) is 32.2 Å². The molecular weight excluding hydrogens is 734 g/mol. The summed E-state index contributed by atoms with van der Waals surface area (Å²) in [7, 11) is 8.37. The second-order valence-electron chi connectivity index (χ2n) is 17.3. The van der Waals surface area contributed by atoms with Gasteiger partial charge in [0.05, 0.1) is 44.4 Å². The molecule has 17 atom stereocenters. The van der Waals surface area contributed by atoms with Crippen LogP contribution in [0.15, 0.2) is 23.8 Å². The number of ketones is 1. The molecule has 0 aromatic rings. The van der Waals surface area contributed by atoms with E-state index in [1.807, 2.05) is 27.8 Å². The predicted octanol–water partition coefficient (Wildman–Crippen LogP) is 5.42. The van der Waals surface area contributed by atoms with Crippen LogP contribution in [-0.4, -0.2) is 132 Å². The molecule has 0 N–H and O–H groups in total. The van der Waals surface area contributed by atoms with Crippen LogP contribution in [0, 0.1) is 35.5 Å². The Bertz CT molecular complexity index is 1440. The molecule has 6 rings (SSSR count). The number of methoxy groups -OCH3 is 4. The number of ether oxygens (including phenoxy) is 9. The first-order valence-electron chi connectivity index (χ1n) is 21.5. The fraction of sp³-hybridized carbons (Fsp3) is 0.841. The number of carbonyl (C=O) groups excluding carboxylic acids is 3. The van der Waals surface area contributed by atoms with E-state index in [0.717, 1.165) is 37.7 Å². The zero-order valence-corrected chi connectivity index (χ0v) is 35.7. The van der Waals surface area contributed by atoms with Crippen molar-refractivity contribution >= 4 is 17.7 Å². The largest absolute Gasteiger partial charge is 0.469 e. The van der Waals surface area contributed by atoms with Crippen molar-refractivity contribution in [2.45, 2.75) is 159 Å². The molecule has 57 heavy (non-hydrogen) atoms. The average molecular weight is 804 g/mol. The summed E-state index contributed by atoms with van der Waals surface area (Å²) in [5.41, 5.74) is 0.731. The Kier molecular flexibility index (Phi) is 15.5. The number of Topliss-reactive ketones (excluding diaryl/α,β-unsaturated/α-hetero) is 1. The highest BCUT2D eigenvalue weighted by molar-refractivity contribution is 5.99. The summed E-state index contributed by atoms with van der Waals surface area (Å²) in [4.78, 5) is 42.2. The zero-order chi connectivity index (χ0) is 41.0. The van der Waals surface area contributed by atoms with E-state index in [-0.39, 0.29) is 103 Å². The highest BCUT2D eigenvalue weighted by Gasteiger charge is 2.52. The third-order valence-electron chi connectivity index (χ3n) is 14.1. The summed E-state index contributed by atoms with van der Waals surface area (Å²) in [6.45, 7) is 8.64. The molecular formula is C44H69NO12. The van der Waals surface area contributed by atoms with Crippen molar-refractivity contribution in [1.82, 2.24) is 4.90 Å². The van der Waals surface area contributed by atoms with Crippen LogP contribution >= 0.6 is 0 Å². The van der Waals surface area contributed by atoms with Crippen molar-refractivity contribution in [3.8, 4) is 0 Å². The maximum absolute atomic E-state index is 14.8. The molecule has 0 amide bonds. The second kappa shape index (κ2) is 19.9. The SMILES string of the molecule is CCC1CCC[C@H](OC2CCC(N(C)CCC(=O)OC)C(C)O2)C(C)C(=O)C2=CC3C(C=CC4C[C@@H](OC5OC(C)C(OC)C(OC)C5OC)CC43)C2CC(=O)O1. The molecule has 4 fully saturated rings. The number of carbonyl (C=O) groups is 3. The molecule has 3 aliphatic heterocycles. The number of nitrogens with zero attached hydrogens (tertiary/aromatic N) is 1. The molecule has 0 radical (unpaired) electrons. The first-order chi connectivity index (χ1) is 27.4. The van der Waals surface area contributed by atoms with Gasteiger partial charge in [0.1, 0.15) is 24.4 Å². The molecule has 13 nitrogen and oxygen atoms in total. The minimum atomic E-state index is -0.613. The summed E-state index contributed by atoms with van der Waals surface area (Å²) >= 11 is 0. The van der Waals surface area contributed by atoms with E-state index in [1.54, 1.807) is 21.3 Å². The van der Waals surface area contributed by atoms with Crippen LogP contribution in [0.2, 0.25) is 0 Å². The van der Waals surface area contributed by atoms with Crippen LogP contribution in [-0.2, 0) is 57.0 Å². The Morgan fingerprint density at radius 1 is 0.860 bits per heavy atom. The summed E-state index contributed by atoms with van der Waals surface area (Å²) < 4.78 is 54.5. The van der Waals surface area contributed by atoms with Crippen LogP contribution in [0.5, 0.6) is 0 Å². The van der Waals surface area contributed by atoms with Gasteiger partial charge >= 0.3 is 11.9 Å². The fourth-order valence-electron chi connectivity index (χ4n) is 10.8. The summed E-state index contributed by atoms with van der Waals surface area (Å²) in [6.07, 6.45) is 10.2. The number of hydrogen-bond donors (Lipinski definition) is 0. The van der Waals surface area contributed by atoms with E-state index in [2.05, 4.69) is 30.1 Å². The number of fused-ring (bicyclic) bond motifs is 5. The maximum Gasteiger partial charge on any atom is 0.306 e. The Labute approximate surface area is 339 Å². The van der Waals surface area contributed by atoms with Crippen LogP contribution in [0.4, 0.5) is 0 Å². The van der Waals surface area contributed by atoms with Crippen LogP contribution in [0.25, 0.3) is 0 Å². The van der Waals surface area contributed by atoms with E-state index in [4.69, 9.17) is 42.6 Å². The lowest BCUT2D eigenvalue weighted by molar-refractivity contribution is -0.314. The van der Waals surface area contributed by atoms with Gasteiger partial charge in [0.25, 0.3) is 0 Å². The van der Waals surface area contributed by atoms with Gasteiger partial charge in [-0.1, -0.05) is 32.1 Å². The minimum absolute atomic E-state index is 0.0136. The highest BCUT2D eigenvalue weighted by atomic mass is 16.7. The lowest BCUT2D eigenvalue weighted by Gasteiger charge is -2.44. The molecule has 3 aliphatic carbocycles. The summed E-state index contributed by atoms with van der Waals surface area (Å²) in [6, 6.07) is 0.139. The molecule has 13 heteroatoms. The topological polar surface area (TPSA) is 138 Å². The van der Waals surface area contributed by atoms with E-state index in [9.17, 15) is 14.4 Å². The van der Waals surface area contributed by atoms with Gasteiger partial charge in [0.15, 0.2) is 18.4 Å². The maximum atomic E-state index is 14.8. The zero-order valence-electron chi connectivity index (χ0n) is 35.7. The lowest BCUT2D eigenvalue weighted by atomic mass is 9.70. The molecule has 3 saturated heterocycles. The average Bonchev–Trinajstić information content (AvgIpc) is 3.78. The Morgan fingerprint density at radius 2 is 1.61 bits per heavy atom. The van der Waals surface area contributed by atoms with E-state index >= 15 is 0 Å². The fourth-order valence-corrected chi connectivity index (χ4v) is 10.8. The number of likely N-dealkylation sites (N-methyl/N-ethyl adjacent to an activating group) is 1. The summed E-state index contributed by atoms with van der Waals surface area (Å²) in [5.74, 6) is -0.482. The van der Waals surface area contributed by atoms with Gasteiger partial charge in [-0.2, -0.15) is 0 Å². The van der Waals surface area contributed by atoms with Crippen molar-refractivity contribution in [3.63, 3.8) is 0 Å². The third-order valence-corrected chi connectivity index (χ3v) is 14.1. The van der Waals surface area contributed by atoms with Gasteiger partial charge in [0.2, 0.25) is 0 Å². The standard InChI is InChI=1S/C44H69NO12/c1-10-28-12-11-13-36(57-39-17-16-35(25(3)53-39)45(5)19-18-37(46)49-6)24(2)40(48)34-22-32-30(33(34)23-38(47)55-28)15-14-27-20-29(21-31(27)32)56-44-43(52-9)42(51-8)41(50-7)26(4)54-44/h14-15,22,24-33,35-36,39,41-44H,10-13,16-21,23H2,1-9H3/t24?,25?,26?,27?,28?,29-,30?,31?,32?,33?,35?,36+,39?,41?,42?,43?,44?/m1/s1. The van der Waals surface area contributed by atoms with Gasteiger partial charge in [-0.15, -0.1) is 0 Å². The van der Waals surface area contributed by atoms with Crippen molar-refractivity contribution in [3.05, 3.63) is 23.8 Å². The molecule has 6 aliphatic rings. The Morgan fingerprint density at radius 3 is 2.30 bits per heavy atom. The van der Waals surface area contributed by atoms with E-state index < -0.39 is 24.6 Å². The quantitative estimate of drug-likeness (QED) is 0.184. The van der Waals surface area contributed by atoms with Crippen molar-refractivity contribution in [1.29, 1.82) is 0 Å². The predicted molar refractivity (Wildman–Crippen MR) is 210 cm³/mol. The molecule has 0 aromatic heterocycles. The monoisotopic (exact) mass is 803 g/mol. The van der Waals surface area contributed by atoms with Gasteiger partial charge in [-0.3, -0.25) is 14.4 Å². The highest BCUT2D eigenvalue weighted by Crippen LogP contribution is 2.54. The number of esters is 2. The van der Waals surface area contributed by atoms with Gasteiger partial charge in [0, 0.05) is 45.8 Å². The van der Waals surface area contributed by atoms with Crippen molar-refractivity contribution in [2.75, 3.05) is 42.0 Å². The Balaban J connectivity index is 1.17. The molecule has 0 aromatic carbocycles. The lowest BCUT2D eigenvalue weighted by Crippen LogP contribution is -2.59. The molecule has 322 valence electrons. The summed E-state index contributed by atoms with van der Waals surface area (Å²) in [5, 5.41) is 0. The number of rotatable bonds is 12. The first-order valence-corrected chi connectivity index (χ1v) is 21.5. The Hall–Kier alpha value is -2.23. The third kappa shape index (κ3) is 9.88. The normalized spacial score (nSPS) is 42.6. The number of cyclic esters (lactones) is 1. The smallest absolute Gasteiger partial charge is 0.306 e. The second-order valence-corrected chi connectivity index (χ2v) is 17.3. The molecule has 1 saturated carbocycles. The van der Waals surface area contributed by atoms with E-state index in [1.165, 1.54) is 7.11 Å². The molecule has 0 bridgehead atoms. The van der Waals surface area contributed by atoms with Crippen molar-refractivity contribution in [2.24, 2.45) is 35.5 Å². The molecule has 0 spiro atoms. The van der Waals surface area contributed by atoms with Crippen LogP contribution in [0.3, 0.4) is 0 Å². The van der Waals surface area contributed by atoms with Crippen molar-refractivity contribution < 1.29 is 57.0 Å². The van der Waals surface area contributed by atoms with Gasteiger partial charge < -0.3 is 47.5 Å². The van der Waals surface area contributed by atoms with Crippen LogP contribution < -0.4 is 0 Å². The number of allylic oxidation sites excluding steroid dienone is 4.